The van der Waals surface area contributed by atoms with Crippen molar-refractivity contribution >= 4 is 0 Å². The molecule has 1 aliphatic rings. The molecule has 66 valence electrons. The van der Waals surface area contributed by atoms with Crippen molar-refractivity contribution in [1.82, 2.24) is 5.48 Å². The van der Waals surface area contributed by atoms with E-state index in [1.807, 2.05) is 0 Å². The fourth-order valence-corrected chi connectivity index (χ4v) is 1.04. The summed E-state index contributed by atoms with van der Waals surface area (Å²) in [5.74, 6) is 0.824. The Kier molecular flexibility index (Phi) is 2.90. The van der Waals surface area contributed by atoms with Crippen molar-refractivity contribution < 1.29 is 4.84 Å². The monoisotopic (exact) mass is 157 g/mol. The number of hydrogen-bond acceptors (Lipinski definition) is 2. The molecule has 1 N–H and O–H groups in total. The normalized spacial score (nSPS) is 19.9. The summed E-state index contributed by atoms with van der Waals surface area (Å²) in [4.78, 5) is 5.35. The minimum atomic E-state index is 0.0871. The third kappa shape index (κ3) is 3.73. The molecular weight excluding hydrogens is 138 g/mol. The van der Waals surface area contributed by atoms with E-state index >= 15 is 0 Å². The van der Waals surface area contributed by atoms with E-state index in [1.54, 1.807) is 0 Å². The summed E-state index contributed by atoms with van der Waals surface area (Å²) in [6.45, 7) is 7.20. The van der Waals surface area contributed by atoms with Gasteiger partial charge in [-0.3, -0.25) is 0 Å². The van der Waals surface area contributed by atoms with Crippen molar-refractivity contribution in [2.75, 3.05) is 6.61 Å². The zero-order valence-electron chi connectivity index (χ0n) is 7.81. The molecule has 1 aliphatic carbocycles. The molecule has 2 nitrogen and oxygen atoms in total. The van der Waals surface area contributed by atoms with Gasteiger partial charge in [0.05, 0.1) is 6.61 Å². The van der Waals surface area contributed by atoms with Crippen molar-refractivity contribution in [3.8, 4) is 0 Å². The van der Waals surface area contributed by atoms with Crippen molar-refractivity contribution in [1.29, 1.82) is 0 Å². The van der Waals surface area contributed by atoms with Crippen LogP contribution < -0.4 is 5.48 Å². The van der Waals surface area contributed by atoms with Gasteiger partial charge in [0.2, 0.25) is 0 Å². The van der Waals surface area contributed by atoms with Crippen LogP contribution in [0.15, 0.2) is 0 Å². The number of rotatable bonds is 3. The molecule has 1 fully saturated rings. The van der Waals surface area contributed by atoms with Gasteiger partial charge in [0.25, 0.3) is 0 Å². The lowest BCUT2D eigenvalue weighted by Crippen LogP contribution is -2.37. The summed E-state index contributed by atoms with van der Waals surface area (Å²) >= 11 is 0. The lowest BCUT2D eigenvalue weighted by Gasteiger charge is -2.27. The zero-order valence-corrected chi connectivity index (χ0v) is 7.81. The van der Waals surface area contributed by atoms with Gasteiger partial charge in [-0.1, -0.05) is 6.42 Å². The smallest absolute Gasteiger partial charge is 0.0710 e. The molecule has 1 rings (SSSR count). The summed E-state index contributed by atoms with van der Waals surface area (Å²) in [5.41, 5.74) is 3.11. The Morgan fingerprint density at radius 1 is 1.36 bits per heavy atom. The van der Waals surface area contributed by atoms with Crippen molar-refractivity contribution in [2.24, 2.45) is 5.92 Å². The Morgan fingerprint density at radius 2 is 2.00 bits per heavy atom. The molecule has 0 bridgehead atoms. The van der Waals surface area contributed by atoms with Crippen LogP contribution in [0.5, 0.6) is 0 Å². The third-order valence-corrected chi connectivity index (χ3v) is 1.92. The standard InChI is InChI=1S/C9H19NO/c1-9(2,3)10-11-7-8-5-4-6-8/h8,10H,4-7H2,1-3H3. The van der Waals surface area contributed by atoms with E-state index < -0.39 is 0 Å². The third-order valence-electron chi connectivity index (χ3n) is 1.92. The van der Waals surface area contributed by atoms with Crippen LogP contribution in [0.1, 0.15) is 40.0 Å². The number of hydrogen-bond donors (Lipinski definition) is 1. The summed E-state index contributed by atoms with van der Waals surface area (Å²) in [6, 6.07) is 0. The maximum Gasteiger partial charge on any atom is 0.0710 e. The molecule has 2 heteroatoms. The van der Waals surface area contributed by atoms with E-state index in [4.69, 9.17) is 4.84 Å². The minimum Gasteiger partial charge on any atom is -0.301 e. The van der Waals surface area contributed by atoms with Crippen LogP contribution in [-0.2, 0) is 4.84 Å². The number of nitrogens with one attached hydrogen (secondary N) is 1. The summed E-state index contributed by atoms with van der Waals surface area (Å²) < 4.78 is 0. The molecule has 0 aromatic rings. The van der Waals surface area contributed by atoms with Crippen LogP contribution >= 0.6 is 0 Å². The first-order chi connectivity index (χ1) is 5.08. The van der Waals surface area contributed by atoms with Gasteiger partial charge < -0.3 is 4.84 Å². The topological polar surface area (TPSA) is 21.3 Å². The van der Waals surface area contributed by atoms with Crippen LogP contribution in [0.25, 0.3) is 0 Å². The molecule has 0 aliphatic heterocycles. The second-order valence-electron chi connectivity index (χ2n) is 4.46. The maximum absolute atomic E-state index is 5.35. The first kappa shape index (κ1) is 9.01. The lowest BCUT2D eigenvalue weighted by molar-refractivity contribution is -0.0370. The van der Waals surface area contributed by atoms with Crippen LogP contribution in [0.4, 0.5) is 0 Å². The fraction of sp³-hybridized carbons (Fsp3) is 1.00. The van der Waals surface area contributed by atoms with Gasteiger partial charge in [0, 0.05) is 5.54 Å². The number of hydroxylamine groups is 1. The Balaban J connectivity index is 1.95. The second-order valence-corrected chi connectivity index (χ2v) is 4.46. The fourth-order valence-electron chi connectivity index (χ4n) is 1.04. The second kappa shape index (κ2) is 3.55. The average molecular weight is 157 g/mol. The van der Waals surface area contributed by atoms with Gasteiger partial charge >= 0.3 is 0 Å². The maximum atomic E-state index is 5.35. The van der Waals surface area contributed by atoms with E-state index in [2.05, 4.69) is 26.3 Å². The predicted octanol–water partition coefficient (Wildman–Crippen LogP) is 2.11. The van der Waals surface area contributed by atoms with Gasteiger partial charge in [-0.25, -0.2) is 0 Å². The van der Waals surface area contributed by atoms with E-state index in [0.717, 1.165) is 12.5 Å². The molecule has 0 spiro atoms. The Bertz CT molecular complexity index is 113. The van der Waals surface area contributed by atoms with Crippen LogP contribution in [0, 0.1) is 5.92 Å². The van der Waals surface area contributed by atoms with Crippen molar-refractivity contribution in [3.05, 3.63) is 0 Å². The highest BCUT2D eigenvalue weighted by atomic mass is 16.6. The van der Waals surface area contributed by atoms with Crippen molar-refractivity contribution in [2.45, 2.75) is 45.6 Å². The predicted molar refractivity (Wildman–Crippen MR) is 46.2 cm³/mol. The quantitative estimate of drug-likeness (QED) is 0.633. The molecule has 0 amide bonds. The molecule has 0 unspecified atom stereocenters. The highest BCUT2D eigenvalue weighted by molar-refractivity contribution is 4.69. The molecule has 1 saturated carbocycles. The van der Waals surface area contributed by atoms with Gasteiger partial charge in [-0.2, -0.15) is 5.48 Å². The molecule has 0 atom stereocenters. The van der Waals surface area contributed by atoms with Crippen LogP contribution in [0.3, 0.4) is 0 Å². The highest BCUT2D eigenvalue weighted by Gasteiger charge is 2.18. The highest BCUT2D eigenvalue weighted by Crippen LogP contribution is 2.25. The summed E-state index contributed by atoms with van der Waals surface area (Å²) in [6.07, 6.45) is 4.10. The molecule has 0 radical (unpaired) electrons. The Morgan fingerprint density at radius 3 is 2.36 bits per heavy atom. The van der Waals surface area contributed by atoms with E-state index in [1.165, 1.54) is 19.3 Å². The largest absolute Gasteiger partial charge is 0.301 e. The Hall–Kier alpha value is -0.0800. The molecule has 11 heavy (non-hydrogen) atoms. The van der Waals surface area contributed by atoms with Crippen LogP contribution in [0.2, 0.25) is 0 Å². The SMILES string of the molecule is CC(C)(C)NOCC1CCC1. The van der Waals surface area contributed by atoms with E-state index in [0.29, 0.717) is 0 Å². The van der Waals surface area contributed by atoms with Crippen molar-refractivity contribution in [3.63, 3.8) is 0 Å². The van der Waals surface area contributed by atoms with Gasteiger partial charge in [0.15, 0.2) is 0 Å². The summed E-state index contributed by atoms with van der Waals surface area (Å²) in [7, 11) is 0. The zero-order chi connectivity index (χ0) is 8.32. The molecular formula is C9H19NO. The first-order valence-corrected chi connectivity index (χ1v) is 4.47. The van der Waals surface area contributed by atoms with Gasteiger partial charge in [0.1, 0.15) is 0 Å². The Labute approximate surface area is 69.3 Å². The lowest BCUT2D eigenvalue weighted by atomic mass is 9.86. The molecule has 0 saturated heterocycles. The first-order valence-electron chi connectivity index (χ1n) is 4.47. The van der Waals surface area contributed by atoms with Gasteiger partial charge in [-0.15, -0.1) is 0 Å². The van der Waals surface area contributed by atoms with E-state index in [9.17, 15) is 0 Å². The molecule has 0 heterocycles. The van der Waals surface area contributed by atoms with E-state index in [-0.39, 0.29) is 5.54 Å². The van der Waals surface area contributed by atoms with Gasteiger partial charge in [-0.05, 0) is 39.5 Å². The molecule has 0 aromatic heterocycles. The average Bonchev–Trinajstić information content (AvgIpc) is 1.73. The van der Waals surface area contributed by atoms with Crippen LogP contribution in [-0.4, -0.2) is 12.1 Å². The summed E-state index contributed by atoms with van der Waals surface area (Å²) in [5, 5.41) is 0. The molecule has 0 aromatic carbocycles. The minimum absolute atomic E-state index is 0.0871.